The average molecular weight is 177 g/mol. The van der Waals surface area contributed by atoms with Gasteiger partial charge in [0.25, 0.3) is 0 Å². The SMILES string of the molecule is [CH2]/C=C1\OC(=O)c2ccc(F)cc21. The van der Waals surface area contributed by atoms with E-state index in [1.165, 1.54) is 24.3 Å². The number of ether oxygens (including phenoxy) is 1. The summed E-state index contributed by atoms with van der Waals surface area (Å²) in [5.74, 6) is -0.527. The Bertz CT molecular complexity index is 407. The number of carbonyl (C=O) groups excluding carboxylic acids is 1. The van der Waals surface area contributed by atoms with Gasteiger partial charge in [-0.1, -0.05) is 0 Å². The highest BCUT2D eigenvalue weighted by atomic mass is 19.1. The summed E-state index contributed by atoms with van der Waals surface area (Å²) in [5.41, 5.74) is 0.858. The molecule has 2 rings (SSSR count). The molecule has 13 heavy (non-hydrogen) atoms. The van der Waals surface area contributed by atoms with E-state index in [0.717, 1.165) is 0 Å². The van der Waals surface area contributed by atoms with Crippen molar-refractivity contribution < 1.29 is 13.9 Å². The van der Waals surface area contributed by atoms with Gasteiger partial charge >= 0.3 is 5.97 Å². The third-order valence-corrected chi connectivity index (χ3v) is 1.86. The molecule has 1 aliphatic rings. The molecule has 0 fully saturated rings. The largest absolute Gasteiger partial charge is 0.423 e. The molecule has 0 saturated carbocycles. The van der Waals surface area contributed by atoms with Crippen molar-refractivity contribution in [1.29, 1.82) is 0 Å². The summed E-state index contributed by atoms with van der Waals surface area (Å²) in [7, 11) is 0. The van der Waals surface area contributed by atoms with E-state index in [0.29, 0.717) is 16.9 Å². The Labute approximate surface area is 74.6 Å². The molecule has 0 N–H and O–H groups in total. The Morgan fingerprint density at radius 3 is 2.85 bits per heavy atom. The highest BCUT2D eigenvalue weighted by Crippen LogP contribution is 2.29. The van der Waals surface area contributed by atoms with Crippen LogP contribution in [0.2, 0.25) is 0 Å². The van der Waals surface area contributed by atoms with Gasteiger partial charge in [-0.15, -0.1) is 0 Å². The molecule has 0 saturated heterocycles. The summed E-state index contributed by atoms with van der Waals surface area (Å²) < 4.78 is 17.6. The molecule has 0 spiro atoms. The lowest BCUT2D eigenvalue weighted by atomic mass is 10.1. The molecule has 0 unspecified atom stereocenters. The second-order valence-corrected chi connectivity index (χ2v) is 2.65. The first-order chi connectivity index (χ1) is 6.22. The summed E-state index contributed by atoms with van der Waals surface area (Å²) in [4.78, 5) is 11.1. The highest BCUT2D eigenvalue weighted by Gasteiger charge is 2.25. The molecule has 1 aromatic rings. The number of hydrogen-bond donors (Lipinski definition) is 0. The molecule has 2 nitrogen and oxygen atoms in total. The maximum atomic E-state index is 12.8. The van der Waals surface area contributed by atoms with Gasteiger partial charge in [0.05, 0.1) is 5.56 Å². The van der Waals surface area contributed by atoms with E-state index < -0.39 is 11.8 Å². The van der Waals surface area contributed by atoms with Gasteiger partial charge in [-0.3, -0.25) is 0 Å². The summed E-state index contributed by atoms with van der Waals surface area (Å²) in [5, 5.41) is 0. The van der Waals surface area contributed by atoms with Crippen molar-refractivity contribution >= 4 is 11.7 Å². The molecule has 1 aromatic carbocycles. The number of carbonyl (C=O) groups is 1. The number of cyclic esters (lactones) is 1. The highest BCUT2D eigenvalue weighted by molar-refractivity contribution is 6.02. The fourth-order valence-corrected chi connectivity index (χ4v) is 1.26. The second kappa shape index (κ2) is 2.69. The zero-order valence-electron chi connectivity index (χ0n) is 6.71. The van der Waals surface area contributed by atoms with Gasteiger partial charge < -0.3 is 4.74 Å². The van der Waals surface area contributed by atoms with Crippen molar-refractivity contribution in [2.45, 2.75) is 0 Å². The zero-order valence-corrected chi connectivity index (χ0v) is 6.71. The summed E-state index contributed by atoms with van der Waals surface area (Å²) >= 11 is 0. The predicted molar refractivity (Wildman–Crippen MR) is 45.1 cm³/mol. The third kappa shape index (κ3) is 1.13. The van der Waals surface area contributed by atoms with Gasteiger partial charge in [0.2, 0.25) is 0 Å². The number of benzene rings is 1. The van der Waals surface area contributed by atoms with Crippen LogP contribution in [-0.4, -0.2) is 5.97 Å². The van der Waals surface area contributed by atoms with Crippen LogP contribution in [0.3, 0.4) is 0 Å². The van der Waals surface area contributed by atoms with Gasteiger partial charge in [-0.2, -0.15) is 0 Å². The summed E-state index contributed by atoms with van der Waals surface area (Å²) in [6.07, 6.45) is 1.39. The lowest BCUT2D eigenvalue weighted by Crippen LogP contribution is -1.92. The Balaban J connectivity index is 2.66. The maximum Gasteiger partial charge on any atom is 0.344 e. The minimum Gasteiger partial charge on any atom is -0.423 e. The van der Waals surface area contributed by atoms with Crippen LogP contribution in [0.15, 0.2) is 24.3 Å². The molecule has 0 bridgehead atoms. The van der Waals surface area contributed by atoms with Crippen molar-refractivity contribution in [3.05, 3.63) is 48.1 Å². The first-order valence-electron chi connectivity index (χ1n) is 3.74. The van der Waals surface area contributed by atoms with E-state index in [1.807, 2.05) is 0 Å². The number of rotatable bonds is 0. The van der Waals surface area contributed by atoms with Gasteiger partial charge in [0.1, 0.15) is 11.6 Å². The van der Waals surface area contributed by atoms with E-state index in [-0.39, 0.29) is 0 Å². The maximum absolute atomic E-state index is 12.8. The quantitative estimate of drug-likeness (QED) is 0.567. The molecule has 0 aliphatic carbocycles. The van der Waals surface area contributed by atoms with Crippen molar-refractivity contribution in [3.8, 4) is 0 Å². The van der Waals surface area contributed by atoms with E-state index in [1.54, 1.807) is 0 Å². The van der Waals surface area contributed by atoms with E-state index in [4.69, 9.17) is 4.74 Å². The van der Waals surface area contributed by atoms with E-state index in [9.17, 15) is 9.18 Å². The molecular formula is C10H6FO2. The number of esters is 1. The van der Waals surface area contributed by atoms with Gasteiger partial charge in [0.15, 0.2) is 0 Å². The second-order valence-electron chi connectivity index (χ2n) is 2.65. The first-order valence-corrected chi connectivity index (χ1v) is 3.74. The van der Waals surface area contributed by atoms with Crippen LogP contribution < -0.4 is 0 Å². The minimum absolute atomic E-state index is 0.319. The fraction of sp³-hybridized carbons (Fsp3) is 0. The number of fused-ring (bicyclic) bond motifs is 1. The Kier molecular flexibility index (Phi) is 1.65. The molecule has 1 heterocycles. The van der Waals surface area contributed by atoms with E-state index >= 15 is 0 Å². The number of hydrogen-bond acceptors (Lipinski definition) is 2. The molecule has 1 radical (unpaired) electrons. The molecule has 3 heteroatoms. The van der Waals surface area contributed by atoms with Crippen molar-refractivity contribution in [1.82, 2.24) is 0 Å². The van der Waals surface area contributed by atoms with Crippen LogP contribution in [-0.2, 0) is 4.74 Å². The fourth-order valence-electron chi connectivity index (χ4n) is 1.26. The van der Waals surface area contributed by atoms with Crippen LogP contribution in [0.1, 0.15) is 15.9 Å². The average Bonchev–Trinajstić information content (AvgIpc) is 2.42. The van der Waals surface area contributed by atoms with Crippen LogP contribution in [0.25, 0.3) is 5.76 Å². The van der Waals surface area contributed by atoms with Gasteiger partial charge in [-0.05, 0) is 31.2 Å². The molecule has 0 amide bonds. The first kappa shape index (κ1) is 7.98. The molecule has 0 aromatic heterocycles. The molecule has 1 aliphatic heterocycles. The normalized spacial score (nSPS) is 17.4. The molecule has 65 valence electrons. The van der Waals surface area contributed by atoms with Gasteiger partial charge in [0, 0.05) is 5.56 Å². The van der Waals surface area contributed by atoms with Crippen molar-refractivity contribution in [2.24, 2.45) is 0 Å². The standard InChI is InChI=1S/C10H6FO2/c1-2-9-8-5-6(11)3-4-7(8)10(12)13-9/h2-5H,1H2/b9-2-. The lowest BCUT2D eigenvalue weighted by molar-refractivity contribution is 0.0716. The van der Waals surface area contributed by atoms with Crippen LogP contribution in [0, 0.1) is 12.7 Å². The Hall–Kier alpha value is -1.64. The Morgan fingerprint density at radius 1 is 1.38 bits per heavy atom. The van der Waals surface area contributed by atoms with E-state index in [2.05, 4.69) is 6.92 Å². The van der Waals surface area contributed by atoms with Crippen molar-refractivity contribution in [3.63, 3.8) is 0 Å². The monoisotopic (exact) mass is 177 g/mol. The minimum atomic E-state index is -0.454. The van der Waals surface area contributed by atoms with Crippen LogP contribution in [0.5, 0.6) is 0 Å². The number of allylic oxidation sites excluding steroid dienone is 1. The van der Waals surface area contributed by atoms with Crippen molar-refractivity contribution in [2.75, 3.05) is 0 Å². The lowest BCUT2D eigenvalue weighted by Gasteiger charge is -1.95. The van der Waals surface area contributed by atoms with Crippen LogP contribution in [0.4, 0.5) is 4.39 Å². The summed E-state index contributed by atoms with van der Waals surface area (Å²) in [6.45, 7) is 3.47. The smallest absolute Gasteiger partial charge is 0.344 e. The topological polar surface area (TPSA) is 26.3 Å². The zero-order chi connectivity index (χ0) is 9.42. The van der Waals surface area contributed by atoms with Gasteiger partial charge in [-0.25, -0.2) is 9.18 Å². The number of halogens is 1. The predicted octanol–water partition coefficient (Wildman–Crippen LogP) is 2.17. The molecular weight excluding hydrogens is 171 g/mol. The van der Waals surface area contributed by atoms with Crippen LogP contribution >= 0.6 is 0 Å². The Morgan fingerprint density at radius 2 is 2.15 bits per heavy atom. The summed E-state index contributed by atoms with van der Waals surface area (Å²) in [6, 6.07) is 3.90. The third-order valence-electron chi connectivity index (χ3n) is 1.86. The molecule has 0 atom stereocenters.